The quantitative estimate of drug-likeness (QED) is 0.765. The smallest absolute Gasteiger partial charge is 0.272 e. The molecular formula is C18H25N3O4S. The summed E-state index contributed by atoms with van der Waals surface area (Å²) in [5.74, 6) is 0.161. The Labute approximate surface area is 154 Å². The maximum Gasteiger partial charge on any atom is 0.272 e. The molecule has 1 N–H and O–H groups in total. The third-order valence-electron chi connectivity index (χ3n) is 3.99. The number of benzene rings is 1. The maximum absolute atomic E-state index is 12.6. The van der Waals surface area contributed by atoms with Crippen LogP contribution in [0.5, 0.6) is 5.75 Å². The molecule has 0 saturated heterocycles. The zero-order valence-electron chi connectivity index (χ0n) is 15.5. The lowest BCUT2D eigenvalue weighted by atomic mass is 10.2. The molecule has 0 aliphatic heterocycles. The molecule has 0 radical (unpaired) electrons. The highest BCUT2D eigenvalue weighted by molar-refractivity contribution is 7.89. The summed E-state index contributed by atoms with van der Waals surface area (Å²) in [5, 5.41) is 2.78. The highest BCUT2D eigenvalue weighted by atomic mass is 32.2. The van der Waals surface area contributed by atoms with Gasteiger partial charge in [0.1, 0.15) is 16.3 Å². The summed E-state index contributed by atoms with van der Waals surface area (Å²) in [5.41, 5.74) is 0.788. The van der Waals surface area contributed by atoms with Crippen LogP contribution in [-0.4, -0.2) is 42.9 Å². The van der Waals surface area contributed by atoms with Crippen molar-refractivity contribution in [3.05, 3.63) is 42.2 Å². The van der Waals surface area contributed by atoms with E-state index in [0.29, 0.717) is 31.1 Å². The molecule has 142 valence electrons. The van der Waals surface area contributed by atoms with Crippen molar-refractivity contribution in [2.75, 3.05) is 25.0 Å². The van der Waals surface area contributed by atoms with Gasteiger partial charge in [-0.15, -0.1) is 0 Å². The number of rotatable bonds is 8. The number of carbonyl (C=O) groups is 1. The molecule has 2 rings (SSSR count). The molecule has 1 aromatic heterocycles. The van der Waals surface area contributed by atoms with Crippen molar-refractivity contribution in [3.63, 3.8) is 0 Å². The van der Waals surface area contributed by atoms with Crippen LogP contribution in [0.2, 0.25) is 0 Å². The lowest BCUT2D eigenvalue weighted by Gasteiger charge is -2.17. The molecule has 0 unspecified atom stereocenters. The number of amides is 1. The van der Waals surface area contributed by atoms with Gasteiger partial charge < -0.3 is 14.6 Å². The second-order valence-corrected chi connectivity index (χ2v) is 7.58. The van der Waals surface area contributed by atoms with Crippen molar-refractivity contribution in [1.82, 2.24) is 8.87 Å². The summed E-state index contributed by atoms with van der Waals surface area (Å²) in [6.07, 6.45) is 1.46. The van der Waals surface area contributed by atoms with Gasteiger partial charge in [-0.05, 0) is 25.1 Å². The monoisotopic (exact) mass is 379 g/mol. The standard InChI is InChI=1S/C18H25N3O4S/c1-5-21(6-2)26(23,24)14-12-16(20(4)13-14)18(22)19-15-10-8-9-11-17(15)25-7-3/h8-13H,5-7H2,1-4H3,(H,19,22). The third-order valence-corrected chi connectivity index (χ3v) is 6.01. The summed E-state index contributed by atoms with van der Waals surface area (Å²) < 4.78 is 33.6. The lowest BCUT2D eigenvalue weighted by molar-refractivity contribution is 0.101. The Morgan fingerprint density at radius 1 is 1.19 bits per heavy atom. The molecule has 0 bridgehead atoms. The Morgan fingerprint density at radius 3 is 2.46 bits per heavy atom. The van der Waals surface area contributed by atoms with Crippen LogP contribution in [0.25, 0.3) is 0 Å². The van der Waals surface area contributed by atoms with Crippen molar-refractivity contribution in [2.24, 2.45) is 7.05 Å². The number of hydrogen-bond donors (Lipinski definition) is 1. The van der Waals surface area contributed by atoms with Crippen molar-refractivity contribution in [2.45, 2.75) is 25.7 Å². The predicted molar refractivity (Wildman–Crippen MR) is 101 cm³/mol. The first kappa shape index (κ1) is 20.0. The van der Waals surface area contributed by atoms with E-state index in [4.69, 9.17) is 4.74 Å². The van der Waals surface area contributed by atoms with Crippen LogP contribution < -0.4 is 10.1 Å². The van der Waals surface area contributed by atoms with E-state index in [1.807, 2.05) is 13.0 Å². The minimum absolute atomic E-state index is 0.104. The Kier molecular flexibility index (Phi) is 6.44. The van der Waals surface area contributed by atoms with Gasteiger partial charge in [-0.25, -0.2) is 8.42 Å². The van der Waals surface area contributed by atoms with Gasteiger partial charge in [-0.1, -0.05) is 26.0 Å². The van der Waals surface area contributed by atoms with Crippen molar-refractivity contribution in [1.29, 1.82) is 0 Å². The van der Waals surface area contributed by atoms with Crippen LogP contribution in [0.4, 0.5) is 5.69 Å². The van der Waals surface area contributed by atoms with Gasteiger partial charge in [-0.3, -0.25) is 4.79 Å². The number of sulfonamides is 1. The highest BCUT2D eigenvalue weighted by Gasteiger charge is 2.25. The SMILES string of the molecule is CCOc1ccccc1NC(=O)c1cc(S(=O)(=O)N(CC)CC)cn1C. The molecule has 2 aromatic rings. The molecule has 1 aromatic carbocycles. The van der Waals surface area contributed by atoms with E-state index in [-0.39, 0.29) is 10.6 Å². The van der Waals surface area contributed by atoms with E-state index in [1.54, 1.807) is 39.1 Å². The topological polar surface area (TPSA) is 80.6 Å². The Hall–Kier alpha value is -2.32. The van der Waals surface area contributed by atoms with Gasteiger partial charge in [0, 0.05) is 26.3 Å². The molecule has 8 heteroatoms. The summed E-state index contributed by atoms with van der Waals surface area (Å²) in [4.78, 5) is 12.7. The number of nitrogens with zero attached hydrogens (tertiary/aromatic N) is 2. The molecule has 7 nitrogen and oxygen atoms in total. The van der Waals surface area contributed by atoms with Gasteiger partial charge in [0.05, 0.1) is 12.3 Å². The van der Waals surface area contributed by atoms with E-state index >= 15 is 0 Å². The predicted octanol–water partition coefficient (Wildman–Crippen LogP) is 2.71. The number of para-hydroxylation sites is 2. The Balaban J connectivity index is 2.31. The van der Waals surface area contributed by atoms with E-state index in [1.165, 1.54) is 21.1 Å². The number of nitrogens with one attached hydrogen (secondary N) is 1. The second-order valence-electron chi connectivity index (χ2n) is 5.64. The molecule has 0 aliphatic carbocycles. The number of aromatic nitrogens is 1. The van der Waals surface area contributed by atoms with E-state index in [9.17, 15) is 13.2 Å². The largest absolute Gasteiger partial charge is 0.492 e. The first-order chi connectivity index (χ1) is 12.3. The zero-order valence-corrected chi connectivity index (χ0v) is 16.3. The lowest BCUT2D eigenvalue weighted by Crippen LogP contribution is -2.30. The zero-order chi connectivity index (χ0) is 19.3. The summed E-state index contributed by atoms with van der Waals surface area (Å²) in [6.45, 7) is 6.64. The number of ether oxygens (including phenoxy) is 1. The number of aryl methyl sites for hydroxylation is 1. The molecule has 0 spiro atoms. The van der Waals surface area contributed by atoms with Crippen LogP contribution in [0, 0.1) is 0 Å². The van der Waals surface area contributed by atoms with Crippen molar-refractivity contribution < 1.29 is 17.9 Å². The van der Waals surface area contributed by atoms with E-state index in [0.717, 1.165) is 0 Å². The summed E-state index contributed by atoms with van der Waals surface area (Å²) in [7, 11) is -1.97. The fourth-order valence-corrected chi connectivity index (χ4v) is 4.18. The fourth-order valence-electron chi connectivity index (χ4n) is 2.65. The second kappa shape index (κ2) is 8.37. The van der Waals surface area contributed by atoms with Gasteiger partial charge in [-0.2, -0.15) is 4.31 Å². The summed E-state index contributed by atoms with van der Waals surface area (Å²) in [6, 6.07) is 8.50. The van der Waals surface area contributed by atoms with Gasteiger partial charge in [0.25, 0.3) is 5.91 Å². The third kappa shape index (κ3) is 4.08. The van der Waals surface area contributed by atoms with Crippen molar-refractivity contribution in [3.8, 4) is 5.75 Å². The molecule has 1 heterocycles. The number of hydrogen-bond acceptors (Lipinski definition) is 4. The molecule has 1 amide bonds. The molecule has 0 atom stereocenters. The molecule has 0 aliphatic rings. The van der Waals surface area contributed by atoms with Crippen molar-refractivity contribution >= 4 is 21.6 Å². The Morgan fingerprint density at radius 2 is 1.85 bits per heavy atom. The van der Waals surface area contributed by atoms with E-state index in [2.05, 4.69) is 5.32 Å². The highest BCUT2D eigenvalue weighted by Crippen LogP contribution is 2.25. The van der Waals surface area contributed by atoms with Crippen LogP contribution >= 0.6 is 0 Å². The minimum Gasteiger partial charge on any atom is -0.492 e. The average molecular weight is 379 g/mol. The fraction of sp³-hybridized carbons (Fsp3) is 0.389. The number of carbonyl (C=O) groups excluding carboxylic acids is 1. The number of anilines is 1. The Bertz CT molecular complexity index is 870. The molecule has 0 fully saturated rings. The molecule has 26 heavy (non-hydrogen) atoms. The normalized spacial score (nSPS) is 11.6. The minimum atomic E-state index is -3.62. The van der Waals surface area contributed by atoms with Gasteiger partial charge >= 0.3 is 0 Å². The van der Waals surface area contributed by atoms with Crippen LogP contribution in [0.15, 0.2) is 41.4 Å². The van der Waals surface area contributed by atoms with Crippen LogP contribution in [0.1, 0.15) is 31.3 Å². The van der Waals surface area contributed by atoms with Gasteiger partial charge in [0.2, 0.25) is 10.0 Å². The molecule has 0 saturated carbocycles. The van der Waals surface area contributed by atoms with Gasteiger partial charge in [0.15, 0.2) is 0 Å². The van der Waals surface area contributed by atoms with Crippen LogP contribution in [-0.2, 0) is 17.1 Å². The van der Waals surface area contributed by atoms with Crippen LogP contribution in [0.3, 0.4) is 0 Å². The maximum atomic E-state index is 12.6. The average Bonchev–Trinajstić information content (AvgIpc) is 3.00. The summed E-state index contributed by atoms with van der Waals surface area (Å²) >= 11 is 0. The molecular weight excluding hydrogens is 354 g/mol. The first-order valence-corrected chi connectivity index (χ1v) is 9.98. The van der Waals surface area contributed by atoms with E-state index < -0.39 is 15.9 Å². The first-order valence-electron chi connectivity index (χ1n) is 8.54.